The van der Waals surface area contributed by atoms with Crippen molar-refractivity contribution in [2.75, 3.05) is 5.32 Å². The molecule has 0 spiro atoms. The summed E-state index contributed by atoms with van der Waals surface area (Å²) < 4.78 is 0. The van der Waals surface area contributed by atoms with E-state index in [9.17, 15) is 14.4 Å². The minimum atomic E-state index is -0.667. The number of amides is 2. The van der Waals surface area contributed by atoms with E-state index in [0.717, 1.165) is 0 Å². The number of para-hydroxylation sites is 1. The molecule has 5 heteroatoms. The van der Waals surface area contributed by atoms with Crippen molar-refractivity contribution in [2.24, 2.45) is 0 Å². The van der Waals surface area contributed by atoms with Crippen molar-refractivity contribution < 1.29 is 14.4 Å². The van der Waals surface area contributed by atoms with E-state index in [4.69, 9.17) is 0 Å². The van der Waals surface area contributed by atoms with Crippen LogP contribution >= 0.6 is 0 Å². The third-order valence-corrected chi connectivity index (χ3v) is 3.19. The van der Waals surface area contributed by atoms with Gasteiger partial charge in [-0.05, 0) is 19.1 Å². The Hall–Kier alpha value is -2.95. The average molecular weight is 296 g/mol. The fourth-order valence-electron chi connectivity index (χ4n) is 2.06. The first kappa shape index (κ1) is 15.4. The van der Waals surface area contributed by atoms with Crippen molar-refractivity contribution in [1.29, 1.82) is 0 Å². The van der Waals surface area contributed by atoms with Gasteiger partial charge in [0, 0.05) is 5.56 Å². The lowest BCUT2D eigenvalue weighted by Gasteiger charge is -2.14. The van der Waals surface area contributed by atoms with Gasteiger partial charge < -0.3 is 10.6 Å². The van der Waals surface area contributed by atoms with E-state index in [-0.39, 0.29) is 5.78 Å². The normalized spacial score (nSPS) is 11.3. The van der Waals surface area contributed by atoms with E-state index in [1.165, 1.54) is 0 Å². The quantitative estimate of drug-likeness (QED) is 0.634. The second-order valence-corrected chi connectivity index (χ2v) is 4.73. The average Bonchev–Trinajstić information content (AvgIpc) is 2.55. The zero-order chi connectivity index (χ0) is 15.9. The van der Waals surface area contributed by atoms with Gasteiger partial charge in [-0.1, -0.05) is 42.5 Å². The molecule has 2 rings (SSSR count). The number of carbonyl (C=O) groups excluding carboxylic acids is 3. The number of rotatable bonds is 6. The maximum Gasteiger partial charge on any atom is 0.253 e. The van der Waals surface area contributed by atoms with Crippen molar-refractivity contribution in [2.45, 2.75) is 13.0 Å². The second kappa shape index (κ2) is 7.17. The van der Waals surface area contributed by atoms with Gasteiger partial charge in [0.2, 0.25) is 6.41 Å². The van der Waals surface area contributed by atoms with Crippen LogP contribution in [0.1, 0.15) is 27.6 Å². The molecule has 0 radical (unpaired) electrons. The highest BCUT2D eigenvalue weighted by Crippen LogP contribution is 2.14. The van der Waals surface area contributed by atoms with Crippen LogP contribution in [0.2, 0.25) is 0 Å². The first-order chi connectivity index (χ1) is 10.6. The number of carbonyl (C=O) groups is 3. The Morgan fingerprint density at radius 1 is 1.00 bits per heavy atom. The van der Waals surface area contributed by atoms with Gasteiger partial charge in [-0.3, -0.25) is 14.4 Å². The maximum absolute atomic E-state index is 12.3. The molecule has 5 nitrogen and oxygen atoms in total. The van der Waals surface area contributed by atoms with Gasteiger partial charge in [0.1, 0.15) is 0 Å². The molecule has 0 fully saturated rings. The molecule has 112 valence electrons. The van der Waals surface area contributed by atoms with Crippen LogP contribution in [0.4, 0.5) is 5.69 Å². The number of nitrogens with one attached hydrogen (secondary N) is 2. The Bertz CT molecular complexity index is 683. The fraction of sp³-hybridized carbons (Fsp3) is 0.118. The van der Waals surface area contributed by atoms with Crippen LogP contribution in [0.15, 0.2) is 54.6 Å². The lowest BCUT2D eigenvalue weighted by atomic mass is 10.0. The summed E-state index contributed by atoms with van der Waals surface area (Å²) in [4.78, 5) is 35.1. The molecule has 0 aliphatic rings. The number of benzene rings is 2. The molecule has 2 N–H and O–H groups in total. The highest BCUT2D eigenvalue weighted by Gasteiger charge is 2.19. The Labute approximate surface area is 128 Å². The molecule has 0 aromatic heterocycles. The van der Waals surface area contributed by atoms with Crippen molar-refractivity contribution in [3.05, 3.63) is 65.7 Å². The van der Waals surface area contributed by atoms with E-state index in [1.54, 1.807) is 55.5 Å². The van der Waals surface area contributed by atoms with Crippen LogP contribution in [-0.4, -0.2) is 24.1 Å². The van der Waals surface area contributed by atoms with E-state index in [1.807, 2.05) is 6.07 Å². The lowest BCUT2D eigenvalue weighted by molar-refractivity contribution is -0.105. The zero-order valence-corrected chi connectivity index (χ0v) is 12.1. The van der Waals surface area contributed by atoms with Crippen molar-refractivity contribution >= 4 is 23.8 Å². The molecular formula is C17H16N2O3. The first-order valence-electron chi connectivity index (χ1n) is 6.83. The summed E-state index contributed by atoms with van der Waals surface area (Å²) in [7, 11) is 0. The summed E-state index contributed by atoms with van der Waals surface area (Å²) in [5.41, 5.74) is 1.24. The predicted octanol–water partition coefficient (Wildman–Crippen LogP) is 2.26. The Morgan fingerprint density at radius 3 is 2.32 bits per heavy atom. The summed E-state index contributed by atoms with van der Waals surface area (Å²) in [5, 5.41) is 5.11. The van der Waals surface area contributed by atoms with Gasteiger partial charge in [-0.15, -0.1) is 0 Å². The molecule has 1 atom stereocenters. The summed E-state index contributed by atoms with van der Waals surface area (Å²) in [6, 6.07) is 14.7. The summed E-state index contributed by atoms with van der Waals surface area (Å²) in [6.45, 7) is 1.63. The molecule has 1 unspecified atom stereocenters. The van der Waals surface area contributed by atoms with Gasteiger partial charge in [-0.25, -0.2) is 0 Å². The van der Waals surface area contributed by atoms with Crippen LogP contribution in [0.5, 0.6) is 0 Å². The van der Waals surface area contributed by atoms with Crippen LogP contribution in [0, 0.1) is 0 Å². The molecule has 0 heterocycles. The summed E-state index contributed by atoms with van der Waals surface area (Å²) >= 11 is 0. The molecule has 0 saturated carbocycles. The topological polar surface area (TPSA) is 75.3 Å². The molecule has 2 aromatic carbocycles. The third-order valence-electron chi connectivity index (χ3n) is 3.19. The molecular weight excluding hydrogens is 280 g/mol. The second-order valence-electron chi connectivity index (χ2n) is 4.73. The van der Waals surface area contributed by atoms with E-state index >= 15 is 0 Å². The van der Waals surface area contributed by atoms with Crippen molar-refractivity contribution in [3.63, 3.8) is 0 Å². The molecule has 22 heavy (non-hydrogen) atoms. The van der Waals surface area contributed by atoms with Gasteiger partial charge >= 0.3 is 0 Å². The monoisotopic (exact) mass is 296 g/mol. The molecule has 0 aliphatic carbocycles. The largest absolute Gasteiger partial charge is 0.342 e. The molecule has 2 amide bonds. The van der Waals surface area contributed by atoms with E-state index in [0.29, 0.717) is 23.2 Å². The Balaban J connectivity index is 2.12. The number of hydrogen-bond acceptors (Lipinski definition) is 3. The van der Waals surface area contributed by atoms with E-state index < -0.39 is 11.9 Å². The van der Waals surface area contributed by atoms with Gasteiger partial charge in [0.15, 0.2) is 5.78 Å². The predicted molar refractivity (Wildman–Crippen MR) is 83.8 cm³/mol. The van der Waals surface area contributed by atoms with E-state index in [2.05, 4.69) is 10.6 Å². The van der Waals surface area contributed by atoms with Crippen molar-refractivity contribution in [3.8, 4) is 0 Å². The minimum absolute atomic E-state index is 0.172. The van der Waals surface area contributed by atoms with Gasteiger partial charge in [0.05, 0.1) is 17.3 Å². The third kappa shape index (κ3) is 3.58. The van der Waals surface area contributed by atoms with Crippen LogP contribution < -0.4 is 10.6 Å². The van der Waals surface area contributed by atoms with Crippen molar-refractivity contribution in [1.82, 2.24) is 5.32 Å². The van der Waals surface area contributed by atoms with Crippen LogP contribution in [0.3, 0.4) is 0 Å². The molecule has 0 aliphatic heterocycles. The Kier molecular flexibility index (Phi) is 5.03. The van der Waals surface area contributed by atoms with Gasteiger partial charge in [0.25, 0.3) is 5.91 Å². The number of ketones is 1. The summed E-state index contributed by atoms with van der Waals surface area (Å²) in [6.07, 6.45) is 0.505. The highest BCUT2D eigenvalue weighted by atomic mass is 16.2. The molecule has 0 bridgehead atoms. The number of hydrogen-bond donors (Lipinski definition) is 2. The van der Waals surface area contributed by atoms with Gasteiger partial charge in [-0.2, -0.15) is 0 Å². The lowest BCUT2D eigenvalue weighted by Crippen LogP contribution is -2.38. The maximum atomic E-state index is 12.3. The smallest absolute Gasteiger partial charge is 0.253 e. The standard InChI is InChI=1S/C17H16N2O3/c1-12(16(21)13-7-3-2-4-8-13)19-17(22)14-9-5-6-10-15(14)18-11-20/h2-12H,1H3,(H,18,20)(H,19,22). The zero-order valence-electron chi connectivity index (χ0n) is 12.1. The van der Waals surface area contributed by atoms with Crippen LogP contribution in [0.25, 0.3) is 0 Å². The summed E-state index contributed by atoms with van der Waals surface area (Å²) in [5.74, 6) is -0.587. The molecule has 2 aromatic rings. The first-order valence-corrected chi connectivity index (χ1v) is 6.83. The number of anilines is 1. The Morgan fingerprint density at radius 2 is 1.64 bits per heavy atom. The minimum Gasteiger partial charge on any atom is -0.342 e. The SMILES string of the molecule is CC(NC(=O)c1ccccc1NC=O)C(=O)c1ccccc1. The highest BCUT2D eigenvalue weighted by molar-refractivity contribution is 6.06. The van der Waals surface area contributed by atoms with Crippen LogP contribution in [-0.2, 0) is 4.79 Å². The fourth-order valence-corrected chi connectivity index (χ4v) is 2.06. The molecule has 0 saturated heterocycles. The number of Topliss-reactive ketones (excluding diaryl/α,β-unsaturated/α-hetero) is 1.